The van der Waals surface area contributed by atoms with E-state index in [4.69, 9.17) is 4.42 Å². The van der Waals surface area contributed by atoms with Gasteiger partial charge in [0.1, 0.15) is 11.5 Å². The molecular formula is C21H18F2N2O3. The van der Waals surface area contributed by atoms with Gasteiger partial charge in [-0.25, -0.2) is 4.98 Å². The fourth-order valence-electron chi connectivity index (χ4n) is 2.99. The summed E-state index contributed by atoms with van der Waals surface area (Å²) in [6.45, 7) is -1.29. The Hall–Kier alpha value is -3.22. The van der Waals surface area contributed by atoms with Crippen LogP contribution in [-0.2, 0) is 0 Å². The van der Waals surface area contributed by atoms with Crippen LogP contribution in [0.3, 0.4) is 0 Å². The highest BCUT2D eigenvalue weighted by atomic mass is 19.3. The van der Waals surface area contributed by atoms with Crippen molar-refractivity contribution >= 4 is 11.6 Å². The number of hydrogen-bond acceptors (Lipinski definition) is 4. The minimum Gasteiger partial charge on any atom is -0.440 e. The molecule has 1 aromatic heterocycles. The van der Waals surface area contributed by atoms with Crippen LogP contribution in [0.5, 0.6) is 5.75 Å². The number of carbonyl (C=O) groups is 1. The number of carbonyl (C=O) groups excluding carboxylic acids is 1. The van der Waals surface area contributed by atoms with Crippen LogP contribution >= 0.6 is 0 Å². The van der Waals surface area contributed by atoms with Gasteiger partial charge in [0.2, 0.25) is 5.89 Å². The summed E-state index contributed by atoms with van der Waals surface area (Å²) in [4.78, 5) is 17.3. The number of halogens is 2. The van der Waals surface area contributed by atoms with E-state index in [1.807, 2.05) is 30.3 Å². The van der Waals surface area contributed by atoms with Gasteiger partial charge in [0.25, 0.3) is 5.91 Å². The molecule has 0 atom stereocenters. The van der Waals surface area contributed by atoms with Gasteiger partial charge in [-0.2, -0.15) is 8.78 Å². The molecule has 0 bridgehead atoms. The van der Waals surface area contributed by atoms with E-state index in [0.717, 1.165) is 18.4 Å². The molecule has 0 radical (unpaired) electrons. The second-order valence-electron chi connectivity index (χ2n) is 6.65. The number of alkyl halides is 2. The van der Waals surface area contributed by atoms with Crippen molar-refractivity contribution in [2.45, 2.75) is 32.3 Å². The van der Waals surface area contributed by atoms with Crippen LogP contribution < -0.4 is 10.1 Å². The Morgan fingerprint density at radius 3 is 2.61 bits per heavy atom. The number of amides is 1. The Labute approximate surface area is 160 Å². The third-order valence-corrected chi connectivity index (χ3v) is 4.53. The summed E-state index contributed by atoms with van der Waals surface area (Å²) in [6.07, 6.45) is 1.85. The molecule has 1 aliphatic rings. The third kappa shape index (κ3) is 3.74. The molecule has 1 amide bonds. The van der Waals surface area contributed by atoms with Gasteiger partial charge in [-0.1, -0.05) is 30.3 Å². The van der Waals surface area contributed by atoms with E-state index < -0.39 is 12.5 Å². The lowest BCUT2D eigenvalue weighted by atomic mass is 10.1. The zero-order chi connectivity index (χ0) is 19.7. The van der Waals surface area contributed by atoms with Gasteiger partial charge in [-0.3, -0.25) is 4.79 Å². The number of ether oxygens (including phenoxy) is 1. The van der Waals surface area contributed by atoms with E-state index in [-0.39, 0.29) is 23.0 Å². The molecule has 1 fully saturated rings. The predicted octanol–water partition coefficient (Wildman–Crippen LogP) is 5.38. The molecule has 1 aliphatic carbocycles. The summed E-state index contributed by atoms with van der Waals surface area (Å²) in [5, 5.41) is 2.67. The Bertz CT molecular complexity index is 998. The topological polar surface area (TPSA) is 64.4 Å². The van der Waals surface area contributed by atoms with Crippen molar-refractivity contribution in [2.75, 3.05) is 5.32 Å². The molecule has 144 valence electrons. The maximum absolute atomic E-state index is 12.9. The number of aromatic nitrogens is 1. The molecule has 5 nitrogen and oxygen atoms in total. The summed E-state index contributed by atoms with van der Waals surface area (Å²) >= 11 is 0. The van der Waals surface area contributed by atoms with Crippen LogP contribution in [0, 0.1) is 6.92 Å². The van der Waals surface area contributed by atoms with Crippen molar-refractivity contribution < 1.29 is 22.7 Å². The van der Waals surface area contributed by atoms with Gasteiger partial charge >= 0.3 is 6.61 Å². The molecule has 2 aromatic carbocycles. The first-order valence-electron chi connectivity index (χ1n) is 8.95. The normalized spacial score (nSPS) is 13.6. The molecule has 4 rings (SSSR count). The minimum atomic E-state index is -2.99. The van der Waals surface area contributed by atoms with Crippen LogP contribution in [0.15, 0.2) is 52.9 Å². The number of hydrogen-bond donors (Lipinski definition) is 1. The van der Waals surface area contributed by atoms with Gasteiger partial charge in [0.15, 0.2) is 5.69 Å². The van der Waals surface area contributed by atoms with Crippen molar-refractivity contribution in [3.05, 3.63) is 65.5 Å². The zero-order valence-corrected chi connectivity index (χ0v) is 15.1. The number of rotatable bonds is 6. The molecular weight excluding hydrogens is 366 g/mol. The number of aryl methyl sites for hydroxylation is 1. The van der Waals surface area contributed by atoms with Crippen LogP contribution in [0.2, 0.25) is 0 Å². The monoisotopic (exact) mass is 384 g/mol. The number of nitrogens with one attached hydrogen (secondary N) is 1. The van der Waals surface area contributed by atoms with E-state index >= 15 is 0 Å². The molecule has 0 saturated heterocycles. The van der Waals surface area contributed by atoms with Crippen molar-refractivity contribution in [3.8, 4) is 17.2 Å². The van der Waals surface area contributed by atoms with Crippen LogP contribution in [0.4, 0.5) is 14.5 Å². The molecule has 1 heterocycles. The van der Waals surface area contributed by atoms with E-state index in [0.29, 0.717) is 17.2 Å². The number of para-hydroxylation sites is 1. The predicted molar refractivity (Wildman–Crippen MR) is 99.7 cm³/mol. The number of anilines is 1. The minimum absolute atomic E-state index is 0.0944. The van der Waals surface area contributed by atoms with E-state index in [2.05, 4.69) is 15.0 Å². The Morgan fingerprint density at radius 2 is 1.93 bits per heavy atom. The molecule has 0 unspecified atom stereocenters. The highest BCUT2D eigenvalue weighted by Crippen LogP contribution is 2.43. The summed E-state index contributed by atoms with van der Waals surface area (Å²) < 4.78 is 35.8. The summed E-state index contributed by atoms with van der Waals surface area (Å²) in [5.41, 5.74) is 1.73. The average molecular weight is 384 g/mol. The van der Waals surface area contributed by atoms with Crippen molar-refractivity contribution in [2.24, 2.45) is 0 Å². The average Bonchev–Trinajstić information content (AvgIpc) is 3.43. The zero-order valence-electron chi connectivity index (χ0n) is 15.1. The first-order valence-corrected chi connectivity index (χ1v) is 8.95. The highest BCUT2D eigenvalue weighted by Gasteiger charge is 2.34. The maximum atomic E-state index is 12.9. The Balaban J connectivity index is 1.67. The fourth-order valence-corrected chi connectivity index (χ4v) is 2.99. The SMILES string of the molecule is Cc1cccc(OC(F)F)c1NC(=O)c1nc(-c2ccccc2)oc1C1CC1. The summed E-state index contributed by atoms with van der Waals surface area (Å²) in [6, 6.07) is 14.0. The lowest BCUT2D eigenvalue weighted by Crippen LogP contribution is -2.16. The lowest BCUT2D eigenvalue weighted by molar-refractivity contribution is -0.0493. The van der Waals surface area contributed by atoms with E-state index in [9.17, 15) is 13.6 Å². The first kappa shape index (κ1) is 18.2. The van der Waals surface area contributed by atoms with Crippen molar-refractivity contribution in [3.63, 3.8) is 0 Å². The smallest absolute Gasteiger partial charge is 0.387 e. The second-order valence-corrected chi connectivity index (χ2v) is 6.65. The van der Waals surface area contributed by atoms with Gasteiger partial charge in [-0.15, -0.1) is 0 Å². The molecule has 1 N–H and O–H groups in total. The van der Waals surface area contributed by atoms with Gasteiger partial charge in [-0.05, 0) is 43.5 Å². The maximum Gasteiger partial charge on any atom is 0.387 e. The Kier molecular flexibility index (Phi) is 4.81. The van der Waals surface area contributed by atoms with Gasteiger partial charge in [0.05, 0.1) is 5.69 Å². The van der Waals surface area contributed by atoms with Crippen LogP contribution in [-0.4, -0.2) is 17.5 Å². The molecule has 28 heavy (non-hydrogen) atoms. The standard InChI is InChI=1S/C21H18F2N2O3/c1-12-6-5-9-15(27-21(22)23)16(12)24-19(26)17-18(13-10-11-13)28-20(25-17)14-7-3-2-4-8-14/h2-9,13,21H,10-11H2,1H3,(H,24,26). The van der Waals surface area contributed by atoms with Crippen molar-refractivity contribution in [1.29, 1.82) is 0 Å². The summed E-state index contributed by atoms with van der Waals surface area (Å²) in [7, 11) is 0. The van der Waals surface area contributed by atoms with E-state index in [1.54, 1.807) is 19.1 Å². The second kappa shape index (κ2) is 7.42. The van der Waals surface area contributed by atoms with Gasteiger partial charge < -0.3 is 14.5 Å². The first-order chi connectivity index (χ1) is 13.5. The quantitative estimate of drug-likeness (QED) is 0.620. The number of oxazole rings is 1. The van der Waals surface area contributed by atoms with Gasteiger partial charge in [0, 0.05) is 11.5 Å². The molecule has 0 spiro atoms. The highest BCUT2D eigenvalue weighted by molar-refractivity contribution is 6.05. The number of benzene rings is 2. The third-order valence-electron chi connectivity index (χ3n) is 4.53. The summed E-state index contributed by atoms with van der Waals surface area (Å²) in [5.74, 6) is 0.437. The van der Waals surface area contributed by atoms with E-state index in [1.165, 1.54) is 6.07 Å². The molecule has 0 aliphatic heterocycles. The van der Waals surface area contributed by atoms with Crippen LogP contribution in [0.1, 0.15) is 40.6 Å². The largest absolute Gasteiger partial charge is 0.440 e. The fraction of sp³-hybridized carbons (Fsp3) is 0.238. The molecule has 1 saturated carbocycles. The van der Waals surface area contributed by atoms with Crippen molar-refractivity contribution in [1.82, 2.24) is 4.98 Å². The number of nitrogens with zero attached hydrogens (tertiary/aromatic N) is 1. The molecule has 7 heteroatoms. The lowest BCUT2D eigenvalue weighted by Gasteiger charge is -2.13. The van der Waals surface area contributed by atoms with Crippen LogP contribution in [0.25, 0.3) is 11.5 Å². The molecule has 3 aromatic rings. The Morgan fingerprint density at radius 1 is 1.18 bits per heavy atom.